The normalized spacial score (nSPS) is 12.9. The molecule has 0 aromatic heterocycles. The summed E-state index contributed by atoms with van der Waals surface area (Å²) in [6.07, 6.45) is 0.258. The van der Waals surface area contributed by atoms with E-state index >= 15 is 0 Å². The number of benzene rings is 1. The third-order valence-corrected chi connectivity index (χ3v) is 2.26. The van der Waals surface area contributed by atoms with Crippen molar-refractivity contribution in [3.05, 3.63) is 35.6 Å². The van der Waals surface area contributed by atoms with Crippen molar-refractivity contribution < 1.29 is 9.50 Å². The van der Waals surface area contributed by atoms with Crippen LogP contribution in [0.4, 0.5) is 4.39 Å². The van der Waals surface area contributed by atoms with Crippen LogP contribution in [0.25, 0.3) is 0 Å². The van der Waals surface area contributed by atoms with Crippen molar-refractivity contribution >= 4 is 22.6 Å². The van der Waals surface area contributed by atoms with E-state index in [1.165, 1.54) is 12.1 Å². The molecule has 1 rings (SSSR count). The van der Waals surface area contributed by atoms with Gasteiger partial charge in [-0.3, -0.25) is 0 Å². The summed E-state index contributed by atoms with van der Waals surface area (Å²) in [7, 11) is 0. The van der Waals surface area contributed by atoms with Crippen molar-refractivity contribution in [1.29, 1.82) is 0 Å². The molecule has 66 valence electrons. The third-order valence-electron chi connectivity index (χ3n) is 1.64. The highest BCUT2D eigenvalue weighted by Gasteiger charge is 2.05. The molecule has 0 unspecified atom stereocenters. The first-order valence-electron chi connectivity index (χ1n) is 3.73. The van der Waals surface area contributed by atoms with Crippen LogP contribution >= 0.6 is 22.6 Å². The van der Waals surface area contributed by atoms with Crippen LogP contribution in [-0.2, 0) is 0 Å². The van der Waals surface area contributed by atoms with E-state index in [1.807, 2.05) is 0 Å². The molecule has 0 bridgehead atoms. The minimum Gasteiger partial charge on any atom is -0.388 e. The number of halogens is 2. The first-order chi connectivity index (χ1) is 5.74. The van der Waals surface area contributed by atoms with Gasteiger partial charge in [-0.25, -0.2) is 4.39 Å². The van der Waals surface area contributed by atoms with Crippen LogP contribution in [0.15, 0.2) is 24.3 Å². The first kappa shape index (κ1) is 9.92. The molecule has 1 N–H and O–H groups in total. The van der Waals surface area contributed by atoms with Crippen molar-refractivity contribution in [1.82, 2.24) is 0 Å². The Bertz CT molecular complexity index is 235. The Morgan fingerprint density at radius 1 is 1.33 bits per heavy atom. The lowest BCUT2D eigenvalue weighted by atomic mass is 10.1. The lowest BCUT2D eigenvalue weighted by Crippen LogP contribution is -1.97. The molecule has 0 radical (unpaired) electrons. The zero-order valence-electron chi connectivity index (χ0n) is 6.50. The van der Waals surface area contributed by atoms with Gasteiger partial charge in [0.1, 0.15) is 5.82 Å². The average molecular weight is 280 g/mol. The maximum atomic E-state index is 12.5. The van der Waals surface area contributed by atoms with Gasteiger partial charge in [0.15, 0.2) is 0 Å². The van der Waals surface area contributed by atoms with E-state index in [0.717, 1.165) is 9.99 Å². The fourth-order valence-electron chi connectivity index (χ4n) is 0.955. The van der Waals surface area contributed by atoms with Gasteiger partial charge in [0.25, 0.3) is 0 Å². The molecule has 1 atom stereocenters. The van der Waals surface area contributed by atoms with E-state index in [9.17, 15) is 9.50 Å². The highest BCUT2D eigenvalue weighted by molar-refractivity contribution is 14.1. The van der Waals surface area contributed by atoms with Crippen LogP contribution in [-0.4, -0.2) is 9.53 Å². The zero-order chi connectivity index (χ0) is 8.97. The lowest BCUT2D eigenvalue weighted by Gasteiger charge is -2.07. The second-order valence-electron chi connectivity index (χ2n) is 2.55. The third kappa shape index (κ3) is 2.71. The first-order valence-corrected chi connectivity index (χ1v) is 5.26. The van der Waals surface area contributed by atoms with Crippen molar-refractivity contribution in [2.75, 3.05) is 4.43 Å². The number of aliphatic hydroxyl groups is 1. The average Bonchev–Trinajstić information content (AvgIpc) is 2.06. The van der Waals surface area contributed by atoms with E-state index in [1.54, 1.807) is 12.1 Å². The molecular formula is C9H10FIO. The maximum Gasteiger partial charge on any atom is 0.123 e. The fourth-order valence-corrected chi connectivity index (χ4v) is 1.54. The Balaban J connectivity index is 2.68. The molecule has 0 aliphatic rings. The summed E-state index contributed by atoms with van der Waals surface area (Å²) in [6.45, 7) is 0. The summed E-state index contributed by atoms with van der Waals surface area (Å²) in [5, 5.41) is 9.48. The summed E-state index contributed by atoms with van der Waals surface area (Å²) in [4.78, 5) is 0. The van der Waals surface area contributed by atoms with Gasteiger partial charge in [-0.1, -0.05) is 34.7 Å². The van der Waals surface area contributed by atoms with Gasteiger partial charge in [-0.15, -0.1) is 0 Å². The minimum absolute atomic E-state index is 0.263. The van der Waals surface area contributed by atoms with Crippen LogP contribution in [0.2, 0.25) is 0 Å². The Labute approximate surface area is 84.7 Å². The number of hydrogen-bond acceptors (Lipinski definition) is 1. The van der Waals surface area contributed by atoms with Crippen LogP contribution in [0.3, 0.4) is 0 Å². The highest BCUT2D eigenvalue weighted by Crippen LogP contribution is 2.17. The van der Waals surface area contributed by atoms with E-state index in [4.69, 9.17) is 0 Å². The molecular weight excluding hydrogens is 270 g/mol. The van der Waals surface area contributed by atoms with E-state index in [-0.39, 0.29) is 5.82 Å². The van der Waals surface area contributed by atoms with Crippen molar-refractivity contribution in [2.45, 2.75) is 12.5 Å². The van der Waals surface area contributed by atoms with E-state index in [0.29, 0.717) is 6.42 Å². The van der Waals surface area contributed by atoms with Gasteiger partial charge in [0, 0.05) is 4.43 Å². The fraction of sp³-hybridized carbons (Fsp3) is 0.333. The van der Waals surface area contributed by atoms with Gasteiger partial charge in [0.2, 0.25) is 0 Å². The second-order valence-corrected chi connectivity index (χ2v) is 3.62. The molecule has 1 aromatic rings. The number of aliphatic hydroxyl groups excluding tert-OH is 1. The number of hydrogen-bond donors (Lipinski definition) is 1. The molecule has 3 heteroatoms. The summed E-state index contributed by atoms with van der Waals surface area (Å²) in [5.74, 6) is -0.263. The molecule has 12 heavy (non-hydrogen) atoms. The molecule has 0 aliphatic carbocycles. The van der Waals surface area contributed by atoms with Crippen LogP contribution in [0.1, 0.15) is 18.1 Å². The van der Waals surface area contributed by atoms with Crippen molar-refractivity contribution in [2.24, 2.45) is 0 Å². The van der Waals surface area contributed by atoms with Gasteiger partial charge in [-0.2, -0.15) is 0 Å². The van der Waals surface area contributed by atoms with Crippen molar-refractivity contribution in [3.63, 3.8) is 0 Å². The smallest absolute Gasteiger partial charge is 0.123 e. The summed E-state index contributed by atoms with van der Waals surface area (Å²) in [5.41, 5.74) is 0.785. The number of rotatable bonds is 3. The van der Waals surface area contributed by atoms with E-state index < -0.39 is 6.10 Å². The molecule has 0 amide bonds. The molecule has 0 aliphatic heterocycles. The highest BCUT2D eigenvalue weighted by atomic mass is 127. The molecule has 1 aromatic carbocycles. The maximum absolute atomic E-state index is 12.5. The van der Waals surface area contributed by atoms with Crippen molar-refractivity contribution in [3.8, 4) is 0 Å². The van der Waals surface area contributed by atoms with Gasteiger partial charge < -0.3 is 5.11 Å². The molecule has 0 fully saturated rings. The molecule has 0 saturated heterocycles. The SMILES string of the molecule is O[C@@H](CCI)c1ccc(F)cc1. The molecule has 1 nitrogen and oxygen atoms in total. The molecule has 0 heterocycles. The van der Waals surface area contributed by atoms with E-state index in [2.05, 4.69) is 22.6 Å². The Hall–Kier alpha value is -0.160. The minimum atomic E-state index is -0.456. The Morgan fingerprint density at radius 2 is 1.92 bits per heavy atom. The van der Waals surface area contributed by atoms with Gasteiger partial charge in [0.05, 0.1) is 6.10 Å². The van der Waals surface area contributed by atoms with Crippen LogP contribution < -0.4 is 0 Å². The van der Waals surface area contributed by atoms with Gasteiger partial charge in [-0.05, 0) is 24.1 Å². The molecule has 0 saturated carbocycles. The summed E-state index contributed by atoms with van der Waals surface area (Å²) >= 11 is 2.20. The number of alkyl halides is 1. The Morgan fingerprint density at radius 3 is 2.42 bits per heavy atom. The standard InChI is InChI=1S/C9H10FIO/c10-8-3-1-7(2-4-8)9(12)5-6-11/h1-4,9,12H,5-6H2/t9-/m0/s1. The summed E-state index contributed by atoms with van der Waals surface area (Å²) in [6, 6.07) is 5.97. The predicted octanol–water partition coefficient (Wildman–Crippen LogP) is 2.68. The zero-order valence-corrected chi connectivity index (χ0v) is 8.66. The Kier molecular flexibility index (Phi) is 3.94. The van der Waals surface area contributed by atoms with Crippen LogP contribution in [0.5, 0.6) is 0 Å². The quantitative estimate of drug-likeness (QED) is 0.666. The summed E-state index contributed by atoms with van der Waals surface area (Å²) < 4.78 is 13.4. The second kappa shape index (κ2) is 4.77. The predicted molar refractivity (Wildman–Crippen MR) is 54.9 cm³/mol. The lowest BCUT2D eigenvalue weighted by molar-refractivity contribution is 0.176. The topological polar surface area (TPSA) is 20.2 Å². The monoisotopic (exact) mass is 280 g/mol. The largest absolute Gasteiger partial charge is 0.388 e. The molecule has 0 spiro atoms. The van der Waals surface area contributed by atoms with Crippen LogP contribution in [0, 0.1) is 5.82 Å². The van der Waals surface area contributed by atoms with Gasteiger partial charge >= 0.3 is 0 Å².